The van der Waals surface area contributed by atoms with Crippen LogP contribution < -0.4 is 21.3 Å². The van der Waals surface area contributed by atoms with E-state index in [4.69, 9.17) is 4.74 Å². The molecule has 4 N–H and O–H groups in total. The SMILES string of the molecule is C1CCC(NC2NCNC3C4NCSC4OC23)CC1. The maximum Gasteiger partial charge on any atom is 0.121 e. The highest BCUT2D eigenvalue weighted by molar-refractivity contribution is 8.00. The summed E-state index contributed by atoms with van der Waals surface area (Å²) in [6, 6.07) is 1.60. The second-order valence-electron chi connectivity index (χ2n) is 6.10. The quantitative estimate of drug-likeness (QED) is 0.579. The molecule has 3 heterocycles. The van der Waals surface area contributed by atoms with Gasteiger partial charge in [-0.2, -0.15) is 0 Å². The van der Waals surface area contributed by atoms with E-state index in [1.54, 1.807) is 0 Å². The van der Waals surface area contributed by atoms with Gasteiger partial charge in [-0.1, -0.05) is 19.3 Å². The van der Waals surface area contributed by atoms with Gasteiger partial charge in [0.2, 0.25) is 0 Å². The number of nitrogens with one attached hydrogen (secondary N) is 4. The van der Waals surface area contributed by atoms with E-state index in [1.165, 1.54) is 32.1 Å². The van der Waals surface area contributed by atoms with Crippen LogP contribution >= 0.6 is 11.8 Å². The van der Waals surface area contributed by atoms with Gasteiger partial charge in [-0.25, -0.2) is 0 Å². The molecular weight excluding hydrogens is 260 g/mol. The predicted octanol–water partition coefficient (Wildman–Crippen LogP) is 0.141. The Morgan fingerprint density at radius 1 is 1.00 bits per heavy atom. The third-order valence-corrected chi connectivity index (χ3v) is 5.97. The maximum atomic E-state index is 6.26. The lowest BCUT2D eigenvalue weighted by molar-refractivity contribution is 0.0214. The second kappa shape index (κ2) is 5.50. The molecule has 4 fully saturated rings. The highest BCUT2D eigenvalue weighted by atomic mass is 32.2. The molecule has 4 aliphatic rings. The zero-order valence-corrected chi connectivity index (χ0v) is 12.0. The topological polar surface area (TPSA) is 57.3 Å². The lowest BCUT2D eigenvalue weighted by Crippen LogP contribution is -2.68. The molecule has 5 nitrogen and oxygen atoms in total. The van der Waals surface area contributed by atoms with Crippen molar-refractivity contribution in [2.24, 2.45) is 0 Å². The minimum absolute atomic E-state index is 0.256. The Morgan fingerprint density at radius 2 is 1.89 bits per heavy atom. The van der Waals surface area contributed by atoms with Crippen LogP contribution in [0.4, 0.5) is 0 Å². The third-order valence-electron chi connectivity index (χ3n) is 4.90. The van der Waals surface area contributed by atoms with Crippen LogP contribution in [0, 0.1) is 0 Å². The molecule has 3 saturated heterocycles. The Balaban J connectivity index is 1.41. The Hall–Kier alpha value is 0.150. The van der Waals surface area contributed by atoms with E-state index >= 15 is 0 Å². The van der Waals surface area contributed by atoms with Crippen molar-refractivity contribution in [1.82, 2.24) is 21.3 Å². The van der Waals surface area contributed by atoms with Crippen molar-refractivity contribution in [2.45, 2.75) is 67.9 Å². The van der Waals surface area contributed by atoms with E-state index in [9.17, 15) is 0 Å². The Bertz CT molecular complexity index is 326. The number of rotatable bonds is 2. The summed E-state index contributed by atoms with van der Waals surface area (Å²) in [6.45, 7) is 0.879. The molecule has 1 aliphatic carbocycles. The van der Waals surface area contributed by atoms with Crippen molar-refractivity contribution in [2.75, 3.05) is 12.5 Å². The van der Waals surface area contributed by atoms with E-state index in [0.29, 0.717) is 29.7 Å². The molecule has 5 atom stereocenters. The van der Waals surface area contributed by atoms with Gasteiger partial charge in [0.1, 0.15) is 11.5 Å². The van der Waals surface area contributed by atoms with Gasteiger partial charge in [-0.05, 0) is 12.8 Å². The van der Waals surface area contributed by atoms with Crippen molar-refractivity contribution in [3.8, 4) is 0 Å². The third kappa shape index (κ3) is 2.43. The lowest BCUT2D eigenvalue weighted by Gasteiger charge is -2.39. The zero-order valence-electron chi connectivity index (χ0n) is 11.2. The Kier molecular flexibility index (Phi) is 3.72. The van der Waals surface area contributed by atoms with Crippen LogP contribution in [0.2, 0.25) is 0 Å². The van der Waals surface area contributed by atoms with E-state index in [-0.39, 0.29) is 6.10 Å². The molecular formula is C13H24N4OS. The molecule has 5 unspecified atom stereocenters. The van der Waals surface area contributed by atoms with Crippen LogP contribution in [0.15, 0.2) is 0 Å². The molecule has 6 heteroatoms. The fraction of sp³-hybridized carbons (Fsp3) is 1.00. The minimum Gasteiger partial charge on any atom is -0.358 e. The molecule has 19 heavy (non-hydrogen) atoms. The molecule has 0 bridgehead atoms. The minimum atomic E-state index is 0.256. The summed E-state index contributed by atoms with van der Waals surface area (Å²) >= 11 is 1.90. The van der Waals surface area contributed by atoms with Crippen LogP contribution in [0.3, 0.4) is 0 Å². The summed E-state index contributed by atoms with van der Waals surface area (Å²) in [6.07, 6.45) is 7.37. The fourth-order valence-electron chi connectivity index (χ4n) is 3.90. The van der Waals surface area contributed by atoms with Crippen molar-refractivity contribution in [1.29, 1.82) is 0 Å². The largest absolute Gasteiger partial charge is 0.358 e. The summed E-state index contributed by atoms with van der Waals surface area (Å²) in [7, 11) is 0. The van der Waals surface area contributed by atoms with E-state index in [1.807, 2.05) is 11.8 Å². The molecule has 0 amide bonds. The van der Waals surface area contributed by atoms with Gasteiger partial charge in [-0.15, -0.1) is 11.8 Å². The normalized spacial score (nSPS) is 47.1. The fourth-order valence-corrected chi connectivity index (χ4v) is 5.03. The van der Waals surface area contributed by atoms with Gasteiger partial charge < -0.3 is 10.1 Å². The maximum absolute atomic E-state index is 6.26. The van der Waals surface area contributed by atoms with Crippen molar-refractivity contribution in [3.05, 3.63) is 0 Å². The average molecular weight is 284 g/mol. The summed E-state index contributed by atoms with van der Waals surface area (Å²) in [5.74, 6) is 1.02. The molecule has 0 aromatic heterocycles. The van der Waals surface area contributed by atoms with E-state index in [0.717, 1.165) is 12.5 Å². The predicted molar refractivity (Wildman–Crippen MR) is 76.8 cm³/mol. The van der Waals surface area contributed by atoms with Crippen LogP contribution in [0.25, 0.3) is 0 Å². The van der Waals surface area contributed by atoms with Crippen molar-refractivity contribution >= 4 is 11.8 Å². The first kappa shape index (κ1) is 12.9. The summed E-state index contributed by atoms with van der Waals surface area (Å²) in [4.78, 5) is 0. The van der Waals surface area contributed by atoms with Gasteiger partial charge in [-0.3, -0.25) is 16.0 Å². The Morgan fingerprint density at radius 3 is 2.79 bits per heavy atom. The van der Waals surface area contributed by atoms with Gasteiger partial charge in [0, 0.05) is 18.6 Å². The van der Waals surface area contributed by atoms with Gasteiger partial charge >= 0.3 is 0 Å². The molecule has 0 spiro atoms. The van der Waals surface area contributed by atoms with Crippen LogP contribution in [0.5, 0.6) is 0 Å². The summed E-state index contributed by atoms with van der Waals surface area (Å²) < 4.78 is 6.26. The Labute approximate surface area is 119 Å². The highest BCUT2D eigenvalue weighted by Crippen LogP contribution is 2.35. The number of hydrogen-bond acceptors (Lipinski definition) is 6. The molecule has 108 valence electrons. The van der Waals surface area contributed by atoms with E-state index < -0.39 is 0 Å². The molecule has 3 aliphatic heterocycles. The monoisotopic (exact) mass is 284 g/mol. The molecule has 0 radical (unpaired) electrons. The van der Waals surface area contributed by atoms with Gasteiger partial charge in [0.15, 0.2) is 0 Å². The summed E-state index contributed by atoms with van der Waals surface area (Å²) in [5, 5.41) is 14.5. The summed E-state index contributed by atoms with van der Waals surface area (Å²) in [5.41, 5.74) is 0.332. The van der Waals surface area contributed by atoms with Gasteiger partial charge in [0.05, 0.1) is 18.2 Å². The van der Waals surface area contributed by atoms with Crippen LogP contribution in [-0.4, -0.2) is 48.4 Å². The standard InChI is InChI=1S/C13H24N4OS/c1-2-4-8(5-3-1)17-12-11-9(14-6-15-12)10-13(18-11)19-7-16-10/h8-17H,1-7H2. The first-order valence-electron chi connectivity index (χ1n) is 7.65. The second-order valence-corrected chi connectivity index (χ2v) is 7.19. The van der Waals surface area contributed by atoms with Crippen molar-refractivity contribution < 1.29 is 4.74 Å². The highest BCUT2D eigenvalue weighted by Gasteiger charge is 2.51. The molecule has 1 saturated carbocycles. The van der Waals surface area contributed by atoms with Crippen LogP contribution in [0.1, 0.15) is 32.1 Å². The first-order valence-corrected chi connectivity index (χ1v) is 8.70. The molecule has 4 rings (SSSR count). The average Bonchev–Trinajstić information content (AvgIpc) is 3.01. The van der Waals surface area contributed by atoms with E-state index in [2.05, 4.69) is 21.3 Å². The van der Waals surface area contributed by atoms with Crippen molar-refractivity contribution in [3.63, 3.8) is 0 Å². The van der Waals surface area contributed by atoms with Crippen LogP contribution in [-0.2, 0) is 4.74 Å². The zero-order chi connectivity index (χ0) is 12.7. The lowest BCUT2D eigenvalue weighted by atomic mass is 9.94. The molecule has 0 aromatic carbocycles. The molecule has 0 aromatic rings. The number of thioether (sulfide) groups is 1. The van der Waals surface area contributed by atoms with Gasteiger partial charge in [0.25, 0.3) is 0 Å². The number of ether oxygens (including phenoxy) is 1. The smallest absolute Gasteiger partial charge is 0.121 e. The number of hydrogen-bond donors (Lipinski definition) is 4. The first-order chi connectivity index (χ1) is 9.42. The number of fused-ring (bicyclic) bond motifs is 3.